The predicted molar refractivity (Wildman–Crippen MR) is 96.8 cm³/mol. The quantitative estimate of drug-likeness (QED) is 0.528. The van der Waals surface area contributed by atoms with Gasteiger partial charge in [-0.2, -0.15) is 9.47 Å². The Morgan fingerprint density at radius 3 is 2.57 bits per heavy atom. The molecular weight excluding hydrogens is 330 g/mol. The second-order valence-corrected chi connectivity index (χ2v) is 5.96. The van der Waals surface area contributed by atoms with Crippen molar-refractivity contribution < 1.29 is 4.74 Å². The Morgan fingerprint density at radius 2 is 1.87 bits per heavy atom. The third-order valence-electron chi connectivity index (χ3n) is 3.22. The van der Waals surface area contributed by atoms with Crippen molar-refractivity contribution in [2.45, 2.75) is 0 Å². The van der Waals surface area contributed by atoms with Gasteiger partial charge in [-0.1, -0.05) is 23.7 Å². The van der Waals surface area contributed by atoms with Gasteiger partial charge in [-0.05, 0) is 59.1 Å². The third kappa shape index (κ3) is 3.88. The number of methoxy groups -OCH3 is 1. The van der Waals surface area contributed by atoms with Crippen LogP contribution >= 0.6 is 23.1 Å². The summed E-state index contributed by atoms with van der Waals surface area (Å²) in [6.45, 7) is 0. The first kappa shape index (κ1) is 15.5. The molecule has 0 saturated carbocycles. The number of hydrogen-bond donors (Lipinski definition) is 1. The van der Waals surface area contributed by atoms with E-state index in [9.17, 15) is 0 Å². The Hall–Kier alpha value is -2.37. The van der Waals surface area contributed by atoms with Crippen molar-refractivity contribution in [2.75, 3.05) is 12.5 Å². The molecule has 4 nitrogen and oxygen atoms in total. The van der Waals surface area contributed by atoms with Gasteiger partial charge in [0.25, 0.3) is 0 Å². The molecule has 0 radical (unpaired) electrons. The number of hydrazone groups is 1. The van der Waals surface area contributed by atoms with E-state index in [-0.39, 0.29) is 0 Å². The highest BCUT2D eigenvalue weighted by Gasteiger charge is 2.07. The zero-order valence-electron chi connectivity index (χ0n) is 12.4. The Morgan fingerprint density at radius 1 is 1.13 bits per heavy atom. The van der Waals surface area contributed by atoms with Gasteiger partial charge < -0.3 is 4.74 Å². The van der Waals surface area contributed by atoms with Crippen LogP contribution in [0.25, 0.3) is 11.1 Å². The molecule has 0 fully saturated rings. The first-order valence-electron chi connectivity index (χ1n) is 6.90. The van der Waals surface area contributed by atoms with Crippen molar-refractivity contribution in [3.63, 3.8) is 0 Å². The van der Waals surface area contributed by atoms with Gasteiger partial charge in [-0.3, -0.25) is 5.43 Å². The number of hydrogen-bond acceptors (Lipinski definition) is 5. The molecule has 0 aliphatic heterocycles. The highest BCUT2D eigenvalue weighted by molar-refractivity contribution is 7.10. The lowest BCUT2D eigenvalue weighted by molar-refractivity contribution is 0.415. The summed E-state index contributed by atoms with van der Waals surface area (Å²) in [6.07, 6.45) is 3.57. The van der Waals surface area contributed by atoms with Crippen LogP contribution in [0.15, 0.2) is 59.8 Å². The minimum absolute atomic E-state index is 0.712. The Kier molecular flexibility index (Phi) is 4.90. The van der Waals surface area contributed by atoms with E-state index >= 15 is 0 Å². The molecule has 0 atom stereocenters. The molecule has 0 bridgehead atoms. The lowest BCUT2D eigenvalue weighted by atomic mass is 10.1. The van der Waals surface area contributed by atoms with Crippen molar-refractivity contribution in [1.82, 2.24) is 4.37 Å². The minimum Gasteiger partial charge on any atom is -0.497 e. The van der Waals surface area contributed by atoms with Gasteiger partial charge in [0.05, 0.1) is 19.5 Å². The van der Waals surface area contributed by atoms with Gasteiger partial charge >= 0.3 is 0 Å². The Balaban J connectivity index is 1.72. The number of ether oxygens (including phenoxy) is 1. The van der Waals surface area contributed by atoms with Crippen molar-refractivity contribution in [1.29, 1.82) is 0 Å². The predicted octanol–water partition coefficient (Wildman–Crippen LogP) is 4.92. The van der Waals surface area contributed by atoms with E-state index in [4.69, 9.17) is 16.3 Å². The van der Waals surface area contributed by atoms with E-state index in [1.165, 1.54) is 11.5 Å². The SMILES string of the molecule is COc1ccc(/C=N\Nc2sncc2-c2ccc(Cl)cc2)cc1. The molecule has 0 aliphatic carbocycles. The number of anilines is 1. The average Bonchev–Trinajstić information content (AvgIpc) is 3.05. The van der Waals surface area contributed by atoms with Crippen LogP contribution in [0.2, 0.25) is 5.02 Å². The van der Waals surface area contributed by atoms with E-state index in [0.717, 1.165) is 27.4 Å². The lowest BCUT2D eigenvalue weighted by Gasteiger charge is -2.02. The van der Waals surface area contributed by atoms with Crippen LogP contribution in [0.3, 0.4) is 0 Å². The normalized spacial score (nSPS) is 10.9. The van der Waals surface area contributed by atoms with E-state index in [1.807, 2.05) is 54.7 Å². The molecule has 1 heterocycles. The molecule has 0 amide bonds. The fourth-order valence-electron chi connectivity index (χ4n) is 2.01. The van der Waals surface area contributed by atoms with Crippen LogP contribution in [0.5, 0.6) is 5.75 Å². The largest absolute Gasteiger partial charge is 0.497 e. The topological polar surface area (TPSA) is 46.5 Å². The smallest absolute Gasteiger partial charge is 0.137 e. The van der Waals surface area contributed by atoms with Gasteiger partial charge in [-0.15, -0.1) is 0 Å². The second-order valence-electron chi connectivity index (χ2n) is 4.72. The highest BCUT2D eigenvalue weighted by Crippen LogP contribution is 2.31. The maximum absolute atomic E-state index is 5.92. The Bertz CT molecular complexity index is 797. The summed E-state index contributed by atoms with van der Waals surface area (Å²) in [7, 11) is 1.65. The van der Waals surface area contributed by atoms with Crippen molar-refractivity contribution >= 4 is 34.3 Å². The molecule has 0 spiro atoms. The number of aromatic nitrogens is 1. The summed E-state index contributed by atoms with van der Waals surface area (Å²) >= 11 is 7.29. The zero-order chi connectivity index (χ0) is 16.1. The fourth-order valence-corrected chi connectivity index (χ4v) is 2.76. The number of halogens is 1. The minimum atomic E-state index is 0.712. The van der Waals surface area contributed by atoms with Gasteiger partial charge in [0.1, 0.15) is 10.8 Å². The summed E-state index contributed by atoms with van der Waals surface area (Å²) in [4.78, 5) is 0. The molecule has 1 N–H and O–H groups in total. The van der Waals surface area contributed by atoms with Crippen molar-refractivity contribution in [2.24, 2.45) is 5.10 Å². The molecule has 0 aliphatic rings. The molecule has 3 aromatic rings. The van der Waals surface area contributed by atoms with Crippen LogP contribution in [0.1, 0.15) is 5.56 Å². The Labute approximate surface area is 143 Å². The maximum Gasteiger partial charge on any atom is 0.137 e. The van der Waals surface area contributed by atoms with Gasteiger partial charge in [0, 0.05) is 10.6 Å². The van der Waals surface area contributed by atoms with Gasteiger partial charge in [0.15, 0.2) is 0 Å². The number of nitrogens with zero attached hydrogens (tertiary/aromatic N) is 2. The van der Waals surface area contributed by atoms with Crippen LogP contribution in [-0.2, 0) is 0 Å². The summed E-state index contributed by atoms with van der Waals surface area (Å²) < 4.78 is 9.35. The molecule has 3 rings (SSSR count). The molecule has 1 aromatic heterocycles. The standard InChI is InChI=1S/C17H14ClN3OS/c1-22-15-8-2-12(3-9-15)10-19-21-17-16(11-20-23-17)13-4-6-14(18)7-5-13/h2-11,21H,1H3/b19-10-. The molecule has 116 valence electrons. The van der Waals surface area contributed by atoms with Crippen LogP contribution in [0.4, 0.5) is 5.00 Å². The first-order valence-corrected chi connectivity index (χ1v) is 8.05. The van der Waals surface area contributed by atoms with Crippen LogP contribution in [0, 0.1) is 0 Å². The number of nitrogens with one attached hydrogen (secondary N) is 1. The molecule has 6 heteroatoms. The van der Waals surface area contributed by atoms with E-state index in [1.54, 1.807) is 13.3 Å². The van der Waals surface area contributed by atoms with Crippen LogP contribution in [-0.4, -0.2) is 17.7 Å². The number of benzene rings is 2. The van der Waals surface area contributed by atoms with Crippen LogP contribution < -0.4 is 10.2 Å². The van der Waals surface area contributed by atoms with E-state index in [2.05, 4.69) is 14.9 Å². The van der Waals surface area contributed by atoms with Gasteiger partial charge in [-0.25, -0.2) is 0 Å². The van der Waals surface area contributed by atoms with Crippen molar-refractivity contribution in [3.05, 3.63) is 65.3 Å². The fraction of sp³-hybridized carbons (Fsp3) is 0.0588. The average molecular weight is 344 g/mol. The molecule has 0 saturated heterocycles. The molecular formula is C17H14ClN3OS. The number of rotatable bonds is 5. The lowest BCUT2D eigenvalue weighted by Crippen LogP contribution is -1.90. The summed E-state index contributed by atoms with van der Waals surface area (Å²) in [5, 5.41) is 5.87. The third-order valence-corrected chi connectivity index (χ3v) is 4.18. The summed E-state index contributed by atoms with van der Waals surface area (Å²) in [6, 6.07) is 15.3. The van der Waals surface area contributed by atoms with Gasteiger partial charge in [0.2, 0.25) is 0 Å². The summed E-state index contributed by atoms with van der Waals surface area (Å²) in [5.41, 5.74) is 6.07. The maximum atomic E-state index is 5.92. The zero-order valence-corrected chi connectivity index (χ0v) is 13.9. The van der Waals surface area contributed by atoms with E-state index < -0.39 is 0 Å². The van der Waals surface area contributed by atoms with E-state index in [0.29, 0.717) is 5.02 Å². The second kappa shape index (κ2) is 7.26. The first-order chi connectivity index (χ1) is 11.3. The molecule has 2 aromatic carbocycles. The van der Waals surface area contributed by atoms with Crippen molar-refractivity contribution in [3.8, 4) is 16.9 Å². The highest BCUT2D eigenvalue weighted by atomic mass is 35.5. The molecule has 23 heavy (non-hydrogen) atoms. The monoisotopic (exact) mass is 343 g/mol. The molecule has 0 unspecified atom stereocenters. The summed E-state index contributed by atoms with van der Waals surface area (Å²) in [5.74, 6) is 0.822.